The summed E-state index contributed by atoms with van der Waals surface area (Å²) >= 11 is 0. The molecule has 4 nitrogen and oxygen atoms in total. The molecular formula is C12H24NO3P. The predicted molar refractivity (Wildman–Crippen MR) is 73.0 cm³/mol. The molecule has 0 bridgehead atoms. The Bertz CT molecular complexity index is 248. The zero-order valence-corrected chi connectivity index (χ0v) is 11.5. The summed E-state index contributed by atoms with van der Waals surface area (Å²) in [5.41, 5.74) is 4.50. The molecule has 0 radical (unpaired) electrons. The van der Waals surface area contributed by atoms with Gasteiger partial charge in [0.25, 0.3) is 0 Å². The highest BCUT2D eigenvalue weighted by Gasteiger charge is 2.10. The van der Waals surface area contributed by atoms with Gasteiger partial charge in [0.1, 0.15) is 0 Å². The maximum atomic E-state index is 10.2. The second-order valence-electron chi connectivity index (χ2n) is 3.25. The van der Waals surface area contributed by atoms with Crippen LogP contribution in [0.1, 0.15) is 26.2 Å². The number of unbranched alkanes of at least 4 members (excludes halogenated alkanes) is 2. The van der Waals surface area contributed by atoms with E-state index in [0.29, 0.717) is 6.42 Å². The molecule has 0 aliphatic carbocycles. The van der Waals surface area contributed by atoms with Gasteiger partial charge in [-0.05, 0) is 13.5 Å². The fourth-order valence-corrected chi connectivity index (χ4v) is 1.59. The Morgan fingerprint density at radius 2 is 1.29 bits per heavy atom. The van der Waals surface area contributed by atoms with Crippen LogP contribution in [0.5, 0.6) is 0 Å². The maximum Gasteiger partial charge on any atom is 0.325 e. The summed E-state index contributed by atoms with van der Waals surface area (Å²) in [6.45, 7) is 2.00. The van der Waals surface area contributed by atoms with Gasteiger partial charge in [0, 0.05) is 6.16 Å². The summed E-state index contributed by atoms with van der Waals surface area (Å²) in [4.78, 5) is 16.7. The number of nitrogens with two attached hydrogens (primary N) is 1. The zero-order valence-electron chi connectivity index (χ0n) is 10.6. The van der Waals surface area contributed by atoms with Crippen LogP contribution < -0.4 is 5.73 Å². The van der Waals surface area contributed by atoms with Gasteiger partial charge in [-0.15, -0.1) is 0 Å². The molecule has 0 saturated carbocycles. The van der Waals surface area contributed by atoms with Crippen molar-refractivity contribution in [3.05, 3.63) is 36.4 Å². The normalized spacial score (nSPS) is 9.47. The van der Waals surface area contributed by atoms with E-state index in [1.165, 1.54) is 7.05 Å². The highest BCUT2D eigenvalue weighted by atomic mass is 31.2. The first-order chi connectivity index (χ1) is 8.06. The fourth-order valence-electron chi connectivity index (χ4n) is 0.953. The quantitative estimate of drug-likeness (QED) is 0.574. The van der Waals surface area contributed by atoms with E-state index >= 15 is 0 Å². The van der Waals surface area contributed by atoms with Crippen LogP contribution in [-0.2, 0) is 4.57 Å². The van der Waals surface area contributed by atoms with E-state index in [0.717, 1.165) is 12.8 Å². The van der Waals surface area contributed by atoms with Crippen molar-refractivity contribution in [1.82, 2.24) is 0 Å². The van der Waals surface area contributed by atoms with Gasteiger partial charge in [-0.1, -0.05) is 56.2 Å². The summed E-state index contributed by atoms with van der Waals surface area (Å²) in [5, 5.41) is 0. The Kier molecular flexibility index (Phi) is 14.7. The summed E-state index contributed by atoms with van der Waals surface area (Å²) in [6.07, 6.45) is 2.59. The number of hydrogen-bond acceptors (Lipinski definition) is 2. The van der Waals surface area contributed by atoms with Gasteiger partial charge in [0.2, 0.25) is 0 Å². The van der Waals surface area contributed by atoms with Crippen molar-refractivity contribution in [2.75, 3.05) is 13.2 Å². The summed E-state index contributed by atoms with van der Waals surface area (Å²) in [7, 11) is -2.20. The van der Waals surface area contributed by atoms with Crippen molar-refractivity contribution in [3.8, 4) is 0 Å². The van der Waals surface area contributed by atoms with Gasteiger partial charge >= 0.3 is 7.60 Å². The van der Waals surface area contributed by atoms with Crippen LogP contribution >= 0.6 is 7.60 Å². The molecule has 1 aromatic carbocycles. The maximum absolute atomic E-state index is 10.2. The highest BCUT2D eigenvalue weighted by Crippen LogP contribution is 2.35. The molecule has 4 N–H and O–H groups in total. The highest BCUT2D eigenvalue weighted by molar-refractivity contribution is 7.51. The van der Waals surface area contributed by atoms with Crippen molar-refractivity contribution >= 4 is 7.60 Å². The lowest BCUT2D eigenvalue weighted by molar-refractivity contribution is 0.371. The second-order valence-corrected chi connectivity index (χ2v) is 5.03. The van der Waals surface area contributed by atoms with Crippen LogP contribution in [0.15, 0.2) is 36.4 Å². The van der Waals surface area contributed by atoms with E-state index in [9.17, 15) is 4.57 Å². The Hall–Kier alpha value is -0.670. The monoisotopic (exact) mass is 261 g/mol. The lowest BCUT2D eigenvalue weighted by Crippen LogP contribution is -1.86. The molecule has 0 heterocycles. The van der Waals surface area contributed by atoms with Crippen molar-refractivity contribution < 1.29 is 14.4 Å². The Labute approximate surface area is 104 Å². The van der Waals surface area contributed by atoms with Gasteiger partial charge in [-0.3, -0.25) is 4.57 Å². The van der Waals surface area contributed by atoms with E-state index in [2.05, 4.69) is 5.73 Å². The molecule has 0 spiro atoms. The molecule has 0 atom stereocenters. The van der Waals surface area contributed by atoms with Crippen LogP contribution in [0.3, 0.4) is 0 Å². The second kappa shape index (κ2) is 13.4. The van der Waals surface area contributed by atoms with E-state index in [-0.39, 0.29) is 6.16 Å². The molecule has 1 aromatic rings. The minimum absolute atomic E-state index is 0.0425. The van der Waals surface area contributed by atoms with Crippen molar-refractivity contribution in [2.24, 2.45) is 5.73 Å². The molecule has 1 rings (SSSR count). The molecule has 100 valence electrons. The molecular weight excluding hydrogens is 237 g/mol. The standard InChI is InChI=1S/C6H6.C5H13O3P.CH5N/c1-2-4-6-5-3-1;1-2-3-4-5-9(6,7)8;1-2/h1-6H;2-5H2,1H3,(H2,6,7,8);2H2,1H3. The van der Waals surface area contributed by atoms with Crippen molar-refractivity contribution in [3.63, 3.8) is 0 Å². The van der Waals surface area contributed by atoms with Crippen LogP contribution in [0.25, 0.3) is 0 Å². The molecule has 0 aliphatic rings. The Balaban J connectivity index is 0. The molecule has 0 saturated heterocycles. The van der Waals surface area contributed by atoms with Crippen molar-refractivity contribution in [1.29, 1.82) is 0 Å². The largest absolute Gasteiger partial charge is 0.333 e. The van der Waals surface area contributed by atoms with E-state index in [4.69, 9.17) is 9.79 Å². The van der Waals surface area contributed by atoms with Gasteiger partial charge < -0.3 is 15.5 Å². The molecule has 0 aliphatic heterocycles. The summed E-state index contributed by atoms with van der Waals surface area (Å²) in [6, 6.07) is 12.0. The average Bonchev–Trinajstić information content (AvgIpc) is 2.33. The molecule has 0 unspecified atom stereocenters. The molecule has 0 aromatic heterocycles. The van der Waals surface area contributed by atoms with Gasteiger partial charge in [0.15, 0.2) is 0 Å². The van der Waals surface area contributed by atoms with Gasteiger partial charge in [0.05, 0.1) is 0 Å². The minimum atomic E-state index is -3.70. The third-order valence-electron chi connectivity index (χ3n) is 1.72. The van der Waals surface area contributed by atoms with Crippen molar-refractivity contribution in [2.45, 2.75) is 26.2 Å². The SMILES string of the molecule is CCCCCP(=O)(O)O.CN.c1ccccc1. The summed E-state index contributed by atoms with van der Waals surface area (Å²) in [5.74, 6) is 0. The van der Waals surface area contributed by atoms with E-state index in [1.807, 2.05) is 43.3 Å². The zero-order chi connectivity index (χ0) is 13.6. The first-order valence-electron chi connectivity index (χ1n) is 5.68. The molecule has 0 amide bonds. The van der Waals surface area contributed by atoms with Crippen LogP contribution in [0, 0.1) is 0 Å². The van der Waals surface area contributed by atoms with Crippen LogP contribution in [0.2, 0.25) is 0 Å². The number of rotatable bonds is 4. The summed E-state index contributed by atoms with van der Waals surface area (Å²) < 4.78 is 10.2. The van der Waals surface area contributed by atoms with Crippen LogP contribution in [-0.4, -0.2) is 23.0 Å². The first-order valence-corrected chi connectivity index (χ1v) is 7.48. The lowest BCUT2D eigenvalue weighted by atomic mass is 10.3. The Morgan fingerprint density at radius 3 is 1.53 bits per heavy atom. The van der Waals surface area contributed by atoms with E-state index < -0.39 is 7.60 Å². The third-order valence-corrected chi connectivity index (χ3v) is 2.62. The van der Waals surface area contributed by atoms with Gasteiger partial charge in [-0.25, -0.2) is 0 Å². The first kappa shape index (κ1) is 18.7. The topological polar surface area (TPSA) is 83.5 Å². The van der Waals surface area contributed by atoms with E-state index in [1.54, 1.807) is 0 Å². The average molecular weight is 261 g/mol. The number of benzene rings is 1. The minimum Gasteiger partial charge on any atom is -0.333 e. The predicted octanol–water partition coefficient (Wildman–Crippen LogP) is 2.62. The molecule has 0 fully saturated rings. The third kappa shape index (κ3) is 21.2. The van der Waals surface area contributed by atoms with Crippen LogP contribution in [0.4, 0.5) is 0 Å². The molecule has 5 heteroatoms. The number of hydrogen-bond donors (Lipinski definition) is 3. The Morgan fingerprint density at radius 1 is 0.941 bits per heavy atom. The fraction of sp³-hybridized carbons (Fsp3) is 0.500. The molecule has 17 heavy (non-hydrogen) atoms. The smallest absolute Gasteiger partial charge is 0.325 e. The lowest BCUT2D eigenvalue weighted by Gasteiger charge is -2.00. The van der Waals surface area contributed by atoms with Gasteiger partial charge in [-0.2, -0.15) is 0 Å².